The molecule has 0 bridgehead atoms. The molecule has 1 aromatic heterocycles. The van der Waals surface area contributed by atoms with E-state index in [0.29, 0.717) is 0 Å². The summed E-state index contributed by atoms with van der Waals surface area (Å²) < 4.78 is 2.09. The van der Waals surface area contributed by atoms with Crippen LogP contribution in [0.5, 0.6) is 0 Å². The Morgan fingerprint density at radius 3 is 2.89 bits per heavy atom. The minimum absolute atomic E-state index is 0.723. The Balaban J connectivity index is 1.79. The van der Waals surface area contributed by atoms with Crippen LogP contribution in [0.4, 0.5) is 0 Å². The number of rotatable bonds is 5. The largest absolute Gasteiger partial charge is 0.308 e. The lowest BCUT2D eigenvalue weighted by atomic mass is 10.2. The number of hydrogen-bond acceptors (Lipinski definition) is 2. The molecule has 0 saturated heterocycles. The summed E-state index contributed by atoms with van der Waals surface area (Å²) in [5.74, 6) is 0.893. The second kappa shape index (κ2) is 4.73. The number of para-hydroxylation sites is 1. The summed E-state index contributed by atoms with van der Waals surface area (Å²) >= 11 is 0. The van der Waals surface area contributed by atoms with E-state index in [1.54, 1.807) is 0 Å². The number of nitrogens with zero attached hydrogens (tertiary/aromatic N) is 2. The van der Waals surface area contributed by atoms with Crippen LogP contribution in [0.1, 0.15) is 32.4 Å². The molecule has 2 unspecified atom stereocenters. The molecule has 2 aromatic rings. The van der Waals surface area contributed by atoms with Crippen LogP contribution in [-0.2, 0) is 13.1 Å². The molecule has 0 radical (unpaired) electrons. The van der Waals surface area contributed by atoms with Crippen molar-refractivity contribution < 1.29 is 0 Å². The molecule has 1 N–H and O–H groups in total. The molecular weight excluding hydrogens is 222 g/mol. The summed E-state index contributed by atoms with van der Waals surface area (Å²) in [6.45, 7) is 6.24. The molecule has 18 heavy (non-hydrogen) atoms. The van der Waals surface area contributed by atoms with Gasteiger partial charge in [-0.3, -0.25) is 4.68 Å². The molecule has 1 aliphatic rings. The van der Waals surface area contributed by atoms with E-state index in [1.165, 1.54) is 29.4 Å². The molecule has 1 saturated carbocycles. The summed E-state index contributed by atoms with van der Waals surface area (Å²) in [5, 5.41) is 9.63. The highest BCUT2D eigenvalue weighted by atomic mass is 15.3. The van der Waals surface area contributed by atoms with E-state index in [0.717, 1.165) is 25.0 Å². The van der Waals surface area contributed by atoms with Gasteiger partial charge in [0, 0.05) is 24.5 Å². The molecule has 1 aliphatic carbocycles. The van der Waals surface area contributed by atoms with Crippen molar-refractivity contribution in [1.29, 1.82) is 0 Å². The summed E-state index contributed by atoms with van der Waals surface area (Å²) in [4.78, 5) is 0. The Morgan fingerprint density at radius 2 is 2.17 bits per heavy atom. The molecule has 0 spiro atoms. The third kappa shape index (κ3) is 2.03. The lowest BCUT2D eigenvalue weighted by Crippen LogP contribution is -2.18. The Bertz CT molecular complexity index is 544. The van der Waals surface area contributed by atoms with Gasteiger partial charge in [0.1, 0.15) is 0 Å². The maximum Gasteiger partial charge on any atom is 0.0841 e. The third-order valence-corrected chi connectivity index (χ3v) is 4.01. The summed E-state index contributed by atoms with van der Waals surface area (Å²) in [6, 6.07) is 9.23. The van der Waals surface area contributed by atoms with E-state index >= 15 is 0 Å². The van der Waals surface area contributed by atoms with Gasteiger partial charge in [-0.05, 0) is 25.3 Å². The monoisotopic (exact) mass is 243 g/mol. The van der Waals surface area contributed by atoms with Crippen LogP contribution in [0.3, 0.4) is 0 Å². The van der Waals surface area contributed by atoms with Crippen molar-refractivity contribution in [3.63, 3.8) is 0 Å². The lowest BCUT2D eigenvalue weighted by Gasteiger charge is -2.01. The molecule has 3 nitrogen and oxygen atoms in total. The van der Waals surface area contributed by atoms with E-state index in [9.17, 15) is 0 Å². The van der Waals surface area contributed by atoms with Gasteiger partial charge in [0.05, 0.1) is 11.2 Å². The van der Waals surface area contributed by atoms with Gasteiger partial charge in [-0.25, -0.2) is 0 Å². The van der Waals surface area contributed by atoms with E-state index < -0.39 is 0 Å². The zero-order valence-corrected chi connectivity index (χ0v) is 11.2. The van der Waals surface area contributed by atoms with Crippen molar-refractivity contribution >= 4 is 10.9 Å². The van der Waals surface area contributed by atoms with Crippen LogP contribution in [0, 0.1) is 5.92 Å². The first-order valence-corrected chi connectivity index (χ1v) is 7.01. The fraction of sp³-hybridized carbons (Fsp3) is 0.533. The zero-order valence-electron chi connectivity index (χ0n) is 11.2. The summed E-state index contributed by atoms with van der Waals surface area (Å²) in [5.41, 5.74) is 2.44. The first-order valence-electron chi connectivity index (χ1n) is 7.01. The van der Waals surface area contributed by atoms with Gasteiger partial charge in [-0.15, -0.1) is 0 Å². The molecule has 96 valence electrons. The fourth-order valence-corrected chi connectivity index (χ4v) is 2.74. The molecule has 0 aliphatic heterocycles. The van der Waals surface area contributed by atoms with Crippen LogP contribution in [0.25, 0.3) is 10.9 Å². The maximum atomic E-state index is 4.71. The standard InChI is InChI=1S/C15H21N3/c1-3-11-9-13(11)16-10-14-12-7-5-6-8-15(12)18(4-2)17-14/h5-8,11,13,16H,3-4,9-10H2,1-2H3. The van der Waals surface area contributed by atoms with Crippen molar-refractivity contribution in [2.24, 2.45) is 5.92 Å². The minimum atomic E-state index is 0.723. The minimum Gasteiger partial charge on any atom is -0.308 e. The van der Waals surface area contributed by atoms with Crippen molar-refractivity contribution in [3.05, 3.63) is 30.0 Å². The Morgan fingerprint density at radius 1 is 1.33 bits per heavy atom. The highest BCUT2D eigenvalue weighted by Crippen LogP contribution is 2.33. The summed E-state index contributed by atoms with van der Waals surface area (Å²) in [6.07, 6.45) is 2.63. The van der Waals surface area contributed by atoms with Crippen LogP contribution in [-0.4, -0.2) is 15.8 Å². The Labute approximate surface area is 108 Å². The zero-order chi connectivity index (χ0) is 12.5. The molecule has 2 atom stereocenters. The predicted molar refractivity (Wildman–Crippen MR) is 74.4 cm³/mol. The van der Waals surface area contributed by atoms with Crippen molar-refractivity contribution in [1.82, 2.24) is 15.1 Å². The van der Waals surface area contributed by atoms with Gasteiger partial charge in [-0.2, -0.15) is 5.10 Å². The van der Waals surface area contributed by atoms with Gasteiger partial charge < -0.3 is 5.32 Å². The van der Waals surface area contributed by atoms with Gasteiger partial charge in [0.15, 0.2) is 0 Å². The normalized spacial score (nSPS) is 22.6. The second-order valence-electron chi connectivity index (χ2n) is 5.17. The predicted octanol–water partition coefficient (Wildman–Crippen LogP) is 2.94. The Hall–Kier alpha value is -1.35. The van der Waals surface area contributed by atoms with Crippen LogP contribution in [0.2, 0.25) is 0 Å². The molecule has 1 aromatic carbocycles. The molecule has 3 rings (SSSR count). The average Bonchev–Trinajstić information content (AvgIpc) is 3.09. The SMILES string of the molecule is CCC1CC1NCc1nn(CC)c2ccccc12. The number of aryl methyl sites for hydroxylation is 1. The highest BCUT2D eigenvalue weighted by Gasteiger charge is 2.34. The topological polar surface area (TPSA) is 29.9 Å². The van der Waals surface area contributed by atoms with Crippen LogP contribution >= 0.6 is 0 Å². The first kappa shape index (κ1) is 11.7. The maximum absolute atomic E-state index is 4.71. The van der Waals surface area contributed by atoms with E-state index in [-0.39, 0.29) is 0 Å². The molecule has 1 heterocycles. The number of hydrogen-bond donors (Lipinski definition) is 1. The molecule has 0 amide bonds. The van der Waals surface area contributed by atoms with E-state index in [4.69, 9.17) is 5.10 Å². The van der Waals surface area contributed by atoms with Crippen LogP contribution in [0.15, 0.2) is 24.3 Å². The molecule has 3 heteroatoms. The second-order valence-corrected chi connectivity index (χ2v) is 5.17. The van der Waals surface area contributed by atoms with Crippen LogP contribution < -0.4 is 5.32 Å². The Kier molecular flexibility index (Phi) is 3.08. The van der Waals surface area contributed by atoms with Crippen molar-refractivity contribution in [2.75, 3.05) is 0 Å². The number of aromatic nitrogens is 2. The number of fused-ring (bicyclic) bond motifs is 1. The van der Waals surface area contributed by atoms with Crippen molar-refractivity contribution in [3.8, 4) is 0 Å². The van der Waals surface area contributed by atoms with Crippen molar-refractivity contribution in [2.45, 2.75) is 45.8 Å². The first-order chi connectivity index (χ1) is 8.83. The highest BCUT2D eigenvalue weighted by molar-refractivity contribution is 5.81. The average molecular weight is 243 g/mol. The third-order valence-electron chi connectivity index (χ3n) is 4.01. The van der Waals surface area contributed by atoms with E-state index in [2.05, 4.69) is 48.1 Å². The lowest BCUT2D eigenvalue weighted by molar-refractivity contribution is 0.599. The smallest absolute Gasteiger partial charge is 0.0841 e. The van der Waals surface area contributed by atoms with Gasteiger partial charge in [-0.1, -0.05) is 31.5 Å². The van der Waals surface area contributed by atoms with Gasteiger partial charge in [0.25, 0.3) is 0 Å². The summed E-state index contributed by atoms with van der Waals surface area (Å²) in [7, 11) is 0. The molecular formula is C15H21N3. The van der Waals surface area contributed by atoms with E-state index in [1.807, 2.05) is 0 Å². The van der Waals surface area contributed by atoms with Gasteiger partial charge in [0.2, 0.25) is 0 Å². The van der Waals surface area contributed by atoms with Gasteiger partial charge >= 0.3 is 0 Å². The fourth-order valence-electron chi connectivity index (χ4n) is 2.74. The quantitative estimate of drug-likeness (QED) is 0.875. The number of benzene rings is 1. The number of nitrogens with one attached hydrogen (secondary N) is 1. The molecule has 1 fully saturated rings.